The number of rotatable bonds is 6. The van der Waals surface area contributed by atoms with Crippen LogP contribution in [0.5, 0.6) is 0 Å². The van der Waals surface area contributed by atoms with Crippen molar-refractivity contribution in [3.63, 3.8) is 0 Å². The molecule has 0 aliphatic heterocycles. The number of benzene rings is 1. The first kappa shape index (κ1) is 20.7. The van der Waals surface area contributed by atoms with Crippen LogP contribution >= 0.6 is 0 Å². The summed E-state index contributed by atoms with van der Waals surface area (Å²) in [4.78, 5) is 0. The lowest BCUT2D eigenvalue weighted by Gasteiger charge is -2.36. The van der Waals surface area contributed by atoms with E-state index in [2.05, 4.69) is 0 Å². The van der Waals surface area contributed by atoms with Crippen LogP contribution in [0.4, 0.5) is 30.7 Å². The summed E-state index contributed by atoms with van der Waals surface area (Å²) in [7, 11) is 0. The van der Waals surface area contributed by atoms with Gasteiger partial charge in [-0.2, -0.15) is 26.3 Å². The largest absolute Gasteiger partial charge is 0.431 e. The molecule has 0 heterocycles. The van der Waals surface area contributed by atoms with Crippen LogP contribution in [-0.4, -0.2) is 23.1 Å². The number of hydrogen-bond donors (Lipinski definition) is 1. The summed E-state index contributed by atoms with van der Waals surface area (Å²) >= 11 is 0. The Kier molecular flexibility index (Phi) is 5.96. The highest BCUT2D eigenvalue weighted by Crippen LogP contribution is 2.51. The van der Waals surface area contributed by atoms with Crippen molar-refractivity contribution in [2.24, 2.45) is 0 Å². The zero-order valence-corrected chi connectivity index (χ0v) is 13.2. The average molecular weight is 360 g/mol. The number of alkyl halides is 7. The Morgan fingerprint density at radius 3 is 1.71 bits per heavy atom. The van der Waals surface area contributed by atoms with Crippen LogP contribution in [0.15, 0.2) is 24.3 Å². The maximum absolute atomic E-state index is 13.8. The molecule has 1 aromatic carbocycles. The minimum absolute atomic E-state index is 0.210. The number of aliphatic hydroxyl groups is 1. The zero-order valence-electron chi connectivity index (χ0n) is 13.2. The van der Waals surface area contributed by atoms with Gasteiger partial charge in [0.25, 0.3) is 0 Å². The highest BCUT2D eigenvalue weighted by atomic mass is 19.4. The van der Waals surface area contributed by atoms with Crippen molar-refractivity contribution in [2.45, 2.75) is 63.2 Å². The molecular formula is C16H19F7O. The van der Waals surface area contributed by atoms with Crippen LogP contribution in [0.3, 0.4) is 0 Å². The highest BCUT2D eigenvalue weighted by molar-refractivity contribution is 5.27. The minimum atomic E-state index is -6.18. The van der Waals surface area contributed by atoms with E-state index in [0.717, 1.165) is 25.3 Å². The second-order valence-electron chi connectivity index (χ2n) is 6.05. The molecular weight excluding hydrogens is 341 g/mol. The summed E-state index contributed by atoms with van der Waals surface area (Å²) in [6, 6.07) is 5.44. The Bertz CT molecular complexity index is 515. The number of halogens is 7. The molecule has 0 spiro atoms. The quantitative estimate of drug-likeness (QED) is 0.668. The zero-order chi connectivity index (χ0) is 18.8. The van der Waals surface area contributed by atoms with Gasteiger partial charge in [-0.25, -0.2) is 4.39 Å². The van der Waals surface area contributed by atoms with Crippen molar-refractivity contribution in [3.05, 3.63) is 35.4 Å². The molecule has 1 N–H and O–H groups in total. The van der Waals surface area contributed by atoms with E-state index in [0.29, 0.717) is 6.42 Å². The summed E-state index contributed by atoms with van der Waals surface area (Å²) in [5, 5.41) is 10.1. The lowest BCUT2D eigenvalue weighted by molar-refractivity contribution is -0.352. The van der Waals surface area contributed by atoms with Crippen molar-refractivity contribution in [1.82, 2.24) is 0 Å². The molecule has 138 valence electrons. The molecule has 24 heavy (non-hydrogen) atoms. The first-order valence-corrected chi connectivity index (χ1v) is 7.39. The minimum Gasteiger partial charge on any atom is -0.385 e. The van der Waals surface area contributed by atoms with Gasteiger partial charge in [-0.3, -0.25) is 0 Å². The van der Waals surface area contributed by atoms with E-state index in [1.165, 1.54) is 24.3 Å². The molecule has 0 saturated heterocycles. The van der Waals surface area contributed by atoms with Crippen molar-refractivity contribution in [1.29, 1.82) is 0 Å². The molecule has 0 saturated carbocycles. The first-order chi connectivity index (χ1) is 10.7. The fourth-order valence-corrected chi connectivity index (χ4v) is 2.35. The summed E-state index contributed by atoms with van der Waals surface area (Å²) in [6.07, 6.45) is -12.1. The van der Waals surface area contributed by atoms with Crippen LogP contribution in [0.2, 0.25) is 0 Å². The van der Waals surface area contributed by atoms with Gasteiger partial charge in [0.15, 0.2) is 0 Å². The van der Waals surface area contributed by atoms with Gasteiger partial charge >= 0.3 is 18.0 Å². The number of aryl methyl sites for hydroxylation is 1. The molecule has 0 fully saturated rings. The Hall–Kier alpha value is -1.31. The van der Waals surface area contributed by atoms with Gasteiger partial charge in [-0.15, -0.1) is 0 Å². The van der Waals surface area contributed by atoms with Crippen LogP contribution in [0.25, 0.3) is 0 Å². The molecule has 1 nitrogen and oxygen atoms in total. The topological polar surface area (TPSA) is 20.2 Å². The number of hydrogen-bond acceptors (Lipinski definition) is 1. The second kappa shape index (κ2) is 6.90. The molecule has 0 aliphatic carbocycles. The van der Waals surface area contributed by atoms with E-state index >= 15 is 0 Å². The Morgan fingerprint density at radius 1 is 0.875 bits per heavy atom. The van der Waals surface area contributed by atoms with Gasteiger partial charge in [0.1, 0.15) is 0 Å². The fourth-order valence-electron chi connectivity index (χ4n) is 2.35. The maximum atomic E-state index is 13.8. The summed E-state index contributed by atoms with van der Waals surface area (Å²) in [5.74, 6) is 0. The van der Waals surface area contributed by atoms with E-state index in [-0.39, 0.29) is 5.56 Å². The Balaban J connectivity index is 3.10. The molecule has 0 aliphatic rings. The van der Waals surface area contributed by atoms with Crippen LogP contribution in [-0.2, 0) is 12.0 Å². The molecule has 0 radical (unpaired) electrons. The third kappa shape index (κ3) is 4.40. The van der Waals surface area contributed by atoms with Crippen molar-refractivity contribution >= 4 is 0 Å². The van der Waals surface area contributed by atoms with Gasteiger partial charge in [-0.1, -0.05) is 37.6 Å². The Morgan fingerprint density at radius 2 is 1.33 bits per heavy atom. The molecule has 1 aromatic rings. The van der Waals surface area contributed by atoms with Gasteiger partial charge in [0.05, 0.1) is 5.60 Å². The van der Waals surface area contributed by atoms with Gasteiger partial charge in [-0.05, 0) is 30.9 Å². The molecule has 8 heteroatoms. The van der Waals surface area contributed by atoms with E-state index in [9.17, 15) is 35.8 Å². The van der Waals surface area contributed by atoms with Crippen molar-refractivity contribution in [3.8, 4) is 0 Å². The third-order valence-corrected chi connectivity index (χ3v) is 3.88. The molecule has 1 rings (SSSR count). The molecule has 0 aromatic heterocycles. The monoisotopic (exact) mass is 360 g/mol. The van der Waals surface area contributed by atoms with Gasteiger partial charge < -0.3 is 5.11 Å². The maximum Gasteiger partial charge on any atom is 0.431 e. The van der Waals surface area contributed by atoms with Crippen LogP contribution < -0.4 is 0 Å². The average Bonchev–Trinajstić information content (AvgIpc) is 2.42. The lowest BCUT2D eigenvalue weighted by atomic mass is 9.83. The van der Waals surface area contributed by atoms with Crippen molar-refractivity contribution < 1.29 is 35.8 Å². The predicted molar refractivity (Wildman–Crippen MR) is 75.2 cm³/mol. The highest BCUT2D eigenvalue weighted by Gasteiger charge is 2.73. The predicted octanol–water partition coefficient (Wildman–Crippen LogP) is 5.46. The van der Waals surface area contributed by atoms with Crippen molar-refractivity contribution in [2.75, 3.05) is 0 Å². The third-order valence-electron chi connectivity index (χ3n) is 3.88. The number of unbranched alkanes of at least 4 members (excludes halogenated alkanes) is 1. The second-order valence-corrected chi connectivity index (χ2v) is 6.05. The normalized spacial score (nSPS) is 16.1. The van der Waals surface area contributed by atoms with Crippen LogP contribution in [0, 0.1) is 0 Å². The Labute approximate surface area is 135 Å². The van der Waals surface area contributed by atoms with Crippen LogP contribution in [0.1, 0.15) is 44.2 Å². The van der Waals surface area contributed by atoms with Gasteiger partial charge in [0.2, 0.25) is 0 Å². The summed E-state index contributed by atoms with van der Waals surface area (Å²) < 4.78 is 89.7. The molecule has 0 amide bonds. The van der Waals surface area contributed by atoms with E-state index < -0.39 is 30.0 Å². The smallest absolute Gasteiger partial charge is 0.385 e. The molecule has 0 bridgehead atoms. The SMILES string of the molecule is CCCCc1ccc(C(C)(O)CC(F)(C(F)(F)F)C(F)(F)F)cc1. The summed E-state index contributed by atoms with van der Waals surface area (Å²) in [5.41, 5.74) is -7.51. The molecule has 1 unspecified atom stereocenters. The standard InChI is InChI=1S/C16H19F7O/c1-3-4-5-11-6-8-12(9-7-11)13(2,24)10-14(17,15(18,19)20)16(21,22)23/h6-9,24H,3-5,10H2,1-2H3. The van der Waals surface area contributed by atoms with E-state index in [1.807, 2.05) is 6.92 Å². The molecule has 1 atom stereocenters. The fraction of sp³-hybridized carbons (Fsp3) is 0.625. The van der Waals surface area contributed by atoms with E-state index in [1.54, 1.807) is 0 Å². The van der Waals surface area contributed by atoms with Gasteiger partial charge in [0, 0.05) is 6.42 Å². The lowest BCUT2D eigenvalue weighted by Crippen LogP contribution is -2.56. The van der Waals surface area contributed by atoms with E-state index in [4.69, 9.17) is 0 Å². The first-order valence-electron chi connectivity index (χ1n) is 7.39. The summed E-state index contributed by atoms with van der Waals surface area (Å²) in [6.45, 7) is 2.70.